The Labute approximate surface area is 167 Å². The molecule has 1 amide bonds. The van der Waals surface area contributed by atoms with Gasteiger partial charge < -0.3 is 10.2 Å². The quantitative estimate of drug-likeness (QED) is 0.710. The number of aromatic nitrogens is 5. The lowest BCUT2D eigenvalue weighted by Crippen LogP contribution is -2.43. The highest BCUT2D eigenvalue weighted by molar-refractivity contribution is 6.31. The van der Waals surface area contributed by atoms with Crippen LogP contribution >= 0.6 is 11.6 Å². The molecule has 0 radical (unpaired) electrons. The van der Waals surface area contributed by atoms with E-state index in [-0.39, 0.29) is 11.8 Å². The van der Waals surface area contributed by atoms with Crippen molar-refractivity contribution in [3.05, 3.63) is 59.6 Å². The minimum atomic E-state index is -0.0898. The van der Waals surface area contributed by atoms with Crippen LogP contribution in [-0.2, 0) is 11.3 Å². The van der Waals surface area contributed by atoms with E-state index in [4.69, 9.17) is 11.6 Å². The first-order valence-corrected chi connectivity index (χ1v) is 9.53. The molecule has 0 spiro atoms. The second kappa shape index (κ2) is 8.35. The van der Waals surface area contributed by atoms with Crippen LogP contribution in [0.4, 0.5) is 5.82 Å². The Hall–Kier alpha value is -3.00. The van der Waals surface area contributed by atoms with Crippen LogP contribution in [0.2, 0.25) is 5.02 Å². The highest BCUT2D eigenvalue weighted by Gasteiger charge is 2.26. The van der Waals surface area contributed by atoms with Crippen LogP contribution in [0.5, 0.6) is 0 Å². The molecule has 9 heteroatoms. The van der Waals surface area contributed by atoms with E-state index in [2.05, 4.69) is 30.5 Å². The summed E-state index contributed by atoms with van der Waals surface area (Å²) >= 11 is 6.16. The Balaban J connectivity index is 1.37. The number of anilines is 1. The molecule has 1 N–H and O–H groups in total. The van der Waals surface area contributed by atoms with Crippen molar-refractivity contribution in [1.82, 2.24) is 30.3 Å². The summed E-state index contributed by atoms with van der Waals surface area (Å²) in [5.41, 5.74) is 0.916. The SMILES string of the molecule is O=C(NCc1ccccc1Cl)[C@H]1CCCN(c2ccc(-n3cncn3)nn2)C1. The lowest BCUT2D eigenvalue weighted by atomic mass is 9.97. The van der Waals surface area contributed by atoms with Gasteiger partial charge in [0, 0.05) is 24.7 Å². The van der Waals surface area contributed by atoms with Crippen LogP contribution in [0.3, 0.4) is 0 Å². The van der Waals surface area contributed by atoms with Gasteiger partial charge in [0.15, 0.2) is 11.6 Å². The number of piperidine rings is 1. The zero-order valence-corrected chi connectivity index (χ0v) is 16.0. The fraction of sp³-hybridized carbons (Fsp3) is 0.316. The first-order chi connectivity index (χ1) is 13.7. The van der Waals surface area contributed by atoms with E-state index in [1.165, 1.54) is 6.33 Å². The summed E-state index contributed by atoms with van der Waals surface area (Å²) in [6, 6.07) is 11.3. The molecule has 1 aromatic carbocycles. The summed E-state index contributed by atoms with van der Waals surface area (Å²) in [4.78, 5) is 18.6. The number of hydrogen-bond acceptors (Lipinski definition) is 6. The molecule has 28 heavy (non-hydrogen) atoms. The van der Waals surface area contributed by atoms with E-state index in [9.17, 15) is 4.79 Å². The summed E-state index contributed by atoms with van der Waals surface area (Å²) in [5.74, 6) is 1.31. The molecule has 0 bridgehead atoms. The number of carbonyl (C=O) groups excluding carboxylic acids is 1. The maximum Gasteiger partial charge on any atom is 0.225 e. The predicted octanol–water partition coefficient (Wildman–Crippen LogP) is 2.24. The topological polar surface area (TPSA) is 88.8 Å². The van der Waals surface area contributed by atoms with Gasteiger partial charge in [0.2, 0.25) is 5.91 Å². The van der Waals surface area contributed by atoms with Crippen LogP contribution in [0.25, 0.3) is 5.82 Å². The molecule has 1 atom stereocenters. The van der Waals surface area contributed by atoms with Gasteiger partial charge in [-0.15, -0.1) is 10.2 Å². The Morgan fingerprint density at radius 2 is 2.00 bits per heavy atom. The largest absolute Gasteiger partial charge is 0.354 e. The lowest BCUT2D eigenvalue weighted by molar-refractivity contribution is -0.125. The van der Waals surface area contributed by atoms with Gasteiger partial charge in [0.1, 0.15) is 12.7 Å². The van der Waals surface area contributed by atoms with Gasteiger partial charge in [0.05, 0.1) is 5.92 Å². The molecule has 1 aliphatic heterocycles. The molecule has 0 aliphatic carbocycles. The number of rotatable bonds is 5. The van der Waals surface area contributed by atoms with Gasteiger partial charge in [-0.3, -0.25) is 4.79 Å². The number of nitrogens with zero attached hydrogens (tertiary/aromatic N) is 6. The maximum absolute atomic E-state index is 12.6. The molecule has 0 unspecified atom stereocenters. The average Bonchev–Trinajstić information content (AvgIpc) is 3.28. The monoisotopic (exact) mass is 397 g/mol. The Kier molecular flexibility index (Phi) is 5.48. The highest BCUT2D eigenvalue weighted by Crippen LogP contribution is 2.22. The number of hydrogen-bond donors (Lipinski definition) is 1. The fourth-order valence-corrected chi connectivity index (χ4v) is 3.51. The minimum Gasteiger partial charge on any atom is -0.354 e. The van der Waals surface area contributed by atoms with Gasteiger partial charge in [-0.1, -0.05) is 29.8 Å². The molecular formula is C19H20ClN7O. The van der Waals surface area contributed by atoms with Crippen molar-refractivity contribution in [2.75, 3.05) is 18.0 Å². The third-order valence-electron chi connectivity index (χ3n) is 4.82. The van der Waals surface area contributed by atoms with Crippen molar-refractivity contribution in [1.29, 1.82) is 0 Å². The van der Waals surface area contributed by atoms with E-state index in [1.54, 1.807) is 11.0 Å². The van der Waals surface area contributed by atoms with Gasteiger partial charge in [-0.25, -0.2) is 9.67 Å². The normalized spacial score (nSPS) is 16.8. The first kappa shape index (κ1) is 18.4. The third-order valence-corrected chi connectivity index (χ3v) is 5.19. The van der Waals surface area contributed by atoms with Crippen LogP contribution in [0.1, 0.15) is 18.4 Å². The maximum atomic E-state index is 12.6. The van der Waals surface area contributed by atoms with Crippen molar-refractivity contribution in [2.24, 2.45) is 5.92 Å². The van der Waals surface area contributed by atoms with Crippen molar-refractivity contribution in [3.8, 4) is 5.82 Å². The number of nitrogens with one attached hydrogen (secondary N) is 1. The highest BCUT2D eigenvalue weighted by atomic mass is 35.5. The summed E-state index contributed by atoms with van der Waals surface area (Å²) in [6.07, 6.45) is 4.81. The number of halogens is 1. The molecule has 0 saturated carbocycles. The standard InChI is InChI=1S/C19H20ClN7O/c20-16-6-2-1-4-14(16)10-22-19(28)15-5-3-9-26(11-15)17-7-8-18(25-24-17)27-13-21-12-23-27/h1-2,4,6-8,12-13,15H,3,5,9-11H2,(H,22,28)/t15-/m0/s1. The van der Waals surface area contributed by atoms with E-state index < -0.39 is 0 Å². The molecular weight excluding hydrogens is 378 g/mol. The average molecular weight is 398 g/mol. The summed E-state index contributed by atoms with van der Waals surface area (Å²) in [5, 5.41) is 16.2. The smallest absolute Gasteiger partial charge is 0.225 e. The molecule has 144 valence electrons. The molecule has 3 aromatic rings. The zero-order valence-electron chi connectivity index (χ0n) is 15.2. The van der Waals surface area contributed by atoms with Gasteiger partial charge >= 0.3 is 0 Å². The molecule has 1 saturated heterocycles. The Morgan fingerprint density at radius 1 is 1.18 bits per heavy atom. The number of benzene rings is 1. The van der Waals surface area contributed by atoms with E-state index in [0.717, 1.165) is 30.8 Å². The zero-order chi connectivity index (χ0) is 19.3. The van der Waals surface area contributed by atoms with Gasteiger partial charge in [-0.05, 0) is 36.6 Å². The van der Waals surface area contributed by atoms with Crippen molar-refractivity contribution in [3.63, 3.8) is 0 Å². The minimum absolute atomic E-state index is 0.0387. The molecule has 1 aliphatic rings. The van der Waals surface area contributed by atoms with Crippen LogP contribution < -0.4 is 10.2 Å². The Bertz CT molecular complexity index is 930. The predicted molar refractivity (Wildman–Crippen MR) is 105 cm³/mol. The second-order valence-corrected chi connectivity index (χ2v) is 7.09. The van der Waals surface area contributed by atoms with Crippen LogP contribution in [-0.4, -0.2) is 44.0 Å². The lowest BCUT2D eigenvalue weighted by Gasteiger charge is -2.32. The number of carbonyl (C=O) groups is 1. The van der Waals surface area contributed by atoms with Gasteiger partial charge in [-0.2, -0.15) is 5.10 Å². The van der Waals surface area contributed by atoms with Crippen LogP contribution in [0, 0.1) is 5.92 Å². The molecule has 3 heterocycles. The van der Waals surface area contributed by atoms with E-state index in [0.29, 0.717) is 23.9 Å². The van der Waals surface area contributed by atoms with Crippen molar-refractivity contribution >= 4 is 23.3 Å². The molecule has 2 aromatic heterocycles. The summed E-state index contributed by atoms with van der Waals surface area (Å²) in [7, 11) is 0. The molecule has 8 nitrogen and oxygen atoms in total. The number of amides is 1. The van der Waals surface area contributed by atoms with Crippen molar-refractivity contribution < 1.29 is 4.79 Å². The summed E-state index contributed by atoms with van der Waals surface area (Å²) < 4.78 is 1.55. The third kappa shape index (κ3) is 4.12. The summed E-state index contributed by atoms with van der Waals surface area (Å²) in [6.45, 7) is 1.90. The van der Waals surface area contributed by atoms with E-state index in [1.807, 2.05) is 36.4 Å². The van der Waals surface area contributed by atoms with Crippen LogP contribution in [0.15, 0.2) is 49.1 Å². The van der Waals surface area contributed by atoms with Gasteiger partial charge in [0.25, 0.3) is 0 Å². The molecule has 1 fully saturated rings. The Morgan fingerprint density at radius 3 is 2.75 bits per heavy atom. The van der Waals surface area contributed by atoms with E-state index >= 15 is 0 Å². The second-order valence-electron chi connectivity index (χ2n) is 6.68. The first-order valence-electron chi connectivity index (χ1n) is 9.15. The van der Waals surface area contributed by atoms with Crippen molar-refractivity contribution in [2.45, 2.75) is 19.4 Å². The molecule has 4 rings (SSSR count). The fourth-order valence-electron chi connectivity index (χ4n) is 3.30.